The Morgan fingerprint density at radius 3 is 2.29 bits per heavy atom. The lowest BCUT2D eigenvalue weighted by molar-refractivity contribution is 0.0696. The van der Waals surface area contributed by atoms with Crippen molar-refractivity contribution in [1.82, 2.24) is 4.31 Å². The molecule has 2 rings (SSSR count). The van der Waals surface area contributed by atoms with Gasteiger partial charge in [-0.15, -0.1) is 0 Å². The molecule has 1 aromatic carbocycles. The summed E-state index contributed by atoms with van der Waals surface area (Å²) in [7, 11) is -3.73. The molecule has 1 fully saturated rings. The summed E-state index contributed by atoms with van der Waals surface area (Å²) >= 11 is 0. The maximum Gasteiger partial charge on any atom is 0.335 e. The minimum atomic E-state index is -3.73. The van der Waals surface area contributed by atoms with Gasteiger partial charge in [0.15, 0.2) is 0 Å². The average molecular weight is 313 g/mol. The van der Waals surface area contributed by atoms with Crippen LogP contribution in [0.15, 0.2) is 17.0 Å². The number of nitrogens with zero attached hydrogens (tertiary/aromatic N) is 1. The van der Waals surface area contributed by atoms with Crippen molar-refractivity contribution in [3.8, 4) is 0 Å². The summed E-state index contributed by atoms with van der Waals surface area (Å²) in [5.41, 5.74) is 1.06. The fraction of sp³-hybridized carbons (Fsp3) is 0.500. The molecule has 116 valence electrons. The lowest BCUT2D eigenvalue weighted by Gasteiger charge is -2.29. The number of rotatable bonds is 3. The van der Waals surface area contributed by atoms with Crippen molar-refractivity contribution < 1.29 is 23.4 Å². The Kier molecular flexibility index (Phi) is 4.36. The summed E-state index contributed by atoms with van der Waals surface area (Å²) in [6, 6.07) is 2.81. The first-order valence-electron chi connectivity index (χ1n) is 6.76. The smallest absolute Gasteiger partial charge is 0.335 e. The average Bonchev–Trinajstić information content (AvgIpc) is 2.38. The molecule has 0 aliphatic carbocycles. The predicted octanol–water partition coefficient (Wildman–Crippen LogP) is 1.15. The van der Waals surface area contributed by atoms with Crippen LogP contribution in [0.3, 0.4) is 0 Å². The molecule has 0 amide bonds. The van der Waals surface area contributed by atoms with Crippen molar-refractivity contribution >= 4 is 16.0 Å². The van der Waals surface area contributed by atoms with Crippen molar-refractivity contribution in [3.05, 3.63) is 28.8 Å². The molecule has 0 unspecified atom stereocenters. The molecular weight excluding hydrogens is 294 g/mol. The monoisotopic (exact) mass is 313 g/mol. The van der Waals surface area contributed by atoms with Crippen LogP contribution in [0.25, 0.3) is 0 Å². The molecule has 2 N–H and O–H groups in total. The van der Waals surface area contributed by atoms with E-state index in [0.29, 0.717) is 24.0 Å². The number of aryl methyl sites for hydroxylation is 2. The number of carboxylic acid groups (broad SMARTS) is 1. The Balaban J connectivity index is 2.45. The first-order chi connectivity index (χ1) is 9.73. The summed E-state index contributed by atoms with van der Waals surface area (Å²) in [5, 5.41) is 18.6. The van der Waals surface area contributed by atoms with Crippen molar-refractivity contribution in [3.63, 3.8) is 0 Å². The van der Waals surface area contributed by atoms with Crippen molar-refractivity contribution in [2.24, 2.45) is 0 Å². The molecule has 7 heteroatoms. The second-order valence-electron chi connectivity index (χ2n) is 5.37. The Morgan fingerprint density at radius 2 is 1.76 bits per heavy atom. The number of hydrogen-bond donors (Lipinski definition) is 2. The van der Waals surface area contributed by atoms with Gasteiger partial charge >= 0.3 is 5.97 Å². The van der Waals surface area contributed by atoms with Crippen LogP contribution in [-0.2, 0) is 10.0 Å². The highest BCUT2D eigenvalue weighted by Gasteiger charge is 2.30. The van der Waals surface area contributed by atoms with Gasteiger partial charge in [0.25, 0.3) is 0 Å². The van der Waals surface area contributed by atoms with Gasteiger partial charge in [0.2, 0.25) is 10.0 Å². The molecule has 1 aliphatic heterocycles. The third kappa shape index (κ3) is 3.09. The number of aliphatic hydroxyl groups is 1. The topological polar surface area (TPSA) is 94.9 Å². The maximum atomic E-state index is 12.7. The van der Waals surface area contributed by atoms with Crippen LogP contribution in [-0.4, -0.2) is 48.1 Å². The molecule has 0 radical (unpaired) electrons. The Hall–Kier alpha value is -1.44. The van der Waals surface area contributed by atoms with E-state index in [1.165, 1.54) is 10.4 Å². The van der Waals surface area contributed by atoms with Crippen LogP contribution < -0.4 is 0 Å². The van der Waals surface area contributed by atoms with E-state index in [4.69, 9.17) is 5.11 Å². The fourth-order valence-electron chi connectivity index (χ4n) is 2.56. The number of sulfonamides is 1. The second kappa shape index (κ2) is 5.75. The van der Waals surface area contributed by atoms with E-state index in [9.17, 15) is 18.3 Å². The van der Waals surface area contributed by atoms with E-state index in [0.717, 1.165) is 0 Å². The van der Waals surface area contributed by atoms with Gasteiger partial charge in [-0.3, -0.25) is 0 Å². The largest absolute Gasteiger partial charge is 0.478 e. The van der Waals surface area contributed by atoms with Gasteiger partial charge in [-0.2, -0.15) is 4.31 Å². The minimum Gasteiger partial charge on any atom is -0.478 e. The number of benzene rings is 1. The van der Waals surface area contributed by atoms with Gasteiger partial charge in [0.1, 0.15) is 0 Å². The number of carboxylic acids is 1. The van der Waals surface area contributed by atoms with E-state index in [2.05, 4.69) is 0 Å². The zero-order chi connectivity index (χ0) is 15.8. The summed E-state index contributed by atoms with van der Waals surface area (Å²) in [6.45, 7) is 3.80. The molecule has 0 bridgehead atoms. The van der Waals surface area contributed by atoms with E-state index < -0.39 is 22.1 Å². The first kappa shape index (κ1) is 15.9. The van der Waals surface area contributed by atoms with Gasteiger partial charge < -0.3 is 10.2 Å². The van der Waals surface area contributed by atoms with Crippen molar-refractivity contribution in [2.45, 2.75) is 37.7 Å². The maximum absolute atomic E-state index is 12.7. The number of aromatic carboxylic acids is 1. The zero-order valence-corrected chi connectivity index (χ0v) is 12.9. The number of hydrogen-bond acceptors (Lipinski definition) is 4. The Bertz CT molecular complexity index is 660. The molecule has 1 saturated heterocycles. The third-order valence-corrected chi connectivity index (χ3v) is 5.83. The van der Waals surface area contributed by atoms with Crippen molar-refractivity contribution in [1.29, 1.82) is 0 Å². The SMILES string of the molecule is Cc1cc(C)c(S(=O)(=O)N2CCC(O)CC2)cc1C(=O)O. The molecule has 0 saturated carbocycles. The van der Waals surface area contributed by atoms with Crippen LogP contribution in [0.2, 0.25) is 0 Å². The van der Waals surface area contributed by atoms with Crippen LogP contribution in [0, 0.1) is 13.8 Å². The molecule has 6 nitrogen and oxygen atoms in total. The van der Waals surface area contributed by atoms with Crippen LogP contribution >= 0.6 is 0 Å². The molecule has 0 aromatic heterocycles. The second-order valence-corrected chi connectivity index (χ2v) is 7.28. The molecule has 0 atom stereocenters. The lowest BCUT2D eigenvalue weighted by atomic mass is 10.1. The van der Waals surface area contributed by atoms with Gasteiger partial charge in [0.05, 0.1) is 16.6 Å². The summed E-state index contributed by atoms with van der Waals surface area (Å²) < 4.78 is 26.6. The normalized spacial score (nSPS) is 17.9. The first-order valence-corrected chi connectivity index (χ1v) is 8.20. The van der Waals surface area contributed by atoms with Gasteiger partial charge in [-0.1, -0.05) is 6.07 Å². The highest BCUT2D eigenvalue weighted by Crippen LogP contribution is 2.26. The van der Waals surface area contributed by atoms with Gasteiger partial charge in [-0.25, -0.2) is 13.2 Å². The van der Waals surface area contributed by atoms with Crippen LogP contribution in [0.1, 0.15) is 34.3 Å². The summed E-state index contributed by atoms with van der Waals surface area (Å²) in [5.74, 6) is -1.14. The molecular formula is C14H19NO5S. The van der Waals surface area contributed by atoms with Crippen LogP contribution in [0.4, 0.5) is 0 Å². The van der Waals surface area contributed by atoms with E-state index in [-0.39, 0.29) is 23.5 Å². The molecule has 0 spiro atoms. The molecule has 21 heavy (non-hydrogen) atoms. The molecule has 1 aliphatic rings. The molecule has 1 heterocycles. The van der Waals surface area contributed by atoms with E-state index >= 15 is 0 Å². The quantitative estimate of drug-likeness (QED) is 0.873. The summed E-state index contributed by atoms with van der Waals surface area (Å²) in [6.07, 6.45) is 0.330. The highest BCUT2D eigenvalue weighted by atomic mass is 32.2. The zero-order valence-electron chi connectivity index (χ0n) is 12.0. The number of piperidine rings is 1. The lowest BCUT2D eigenvalue weighted by Crippen LogP contribution is -2.40. The standard InChI is InChI=1S/C14H19NO5S/c1-9-7-10(2)13(8-12(9)14(17)18)21(19,20)15-5-3-11(16)4-6-15/h7-8,11,16H,3-6H2,1-2H3,(H,17,18). The predicted molar refractivity (Wildman–Crippen MR) is 76.9 cm³/mol. The Morgan fingerprint density at radius 1 is 1.19 bits per heavy atom. The van der Waals surface area contributed by atoms with Crippen molar-refractivity contribution in [2.75, 3.05) is 13.1 Å². The summed E-state index contributed by atoms with van der Waals surface area (Å²) in [4.78, 5) is 11.2. The fourth-order valence-corrected chi connectivity index (χ4v) is 4.26. The van der Waals surface area contributed by atoms with E-state index in [1.807, 2.05) is 0 Å². The van der Waals surface area contributed by atoms with Crippen LogP contribution in [0.5, 0.6) is 0 Å². The third-order valence-electron chi connectivity index (χ3n) is 3.79. The van der Waals surface area contributed by atoms with Gasteiger partial charge in [0, 0.05) is 13.1 Å². The Labute approximate surface area is 124 Å². The minimum absolute atomic E-state index is 0.00350. The highest BCUT2D eigenvalue weighted by molar-refractivity contribution is 7.89. The van der Waals surface area contributed by atoms with Gasteiger partial charge in [-0.05, 0) is 43.9 Å². The van der Waals surface area contributed by atoms with E-state index in [1.54, 1.807) is 19.9 Å². The molecule has 1 aromatic rings. The number of aliphatic hydroxyl groups excluding tert-OH is 1. The number of carbonyl (C=O) groups is 1.